The van der Waals surface area contributed by atoms with Gasteiger partial charge in [0.2, 0.25) is 0 Å². The van der Waals surface area contributed by atoms with E-state index >= 15 is 0 Å². The summed E-state index contributed by atoms with van der Waals surface area (Å²) in [5.74, 6) is 1.10. The fourth-order valence-electron chi connectivity index (χ4n) is 4.34. The molecule has 2 aliphatic heterocycles. The molecular formula is C25H32N2O2. The van der Waals surface area contributed by atoms with Gasteiger partial charge < -0.3 is 14.5 Å². The Balaban J connectivity index is 1.35. The first-order chi connectivity index (χ1) is 14.1. The van der Waals surface area contributed by atoms with Crippen LogP contribution in [0.1, 0.15) is 49.9 Å². The molecule has 2 aromatic rings. The number of carbonyl (C=O) groups is 1. The van der Waals surface area contributed by atoms with Crippen molar-refractivity contribution in [1.29, 1.82) is 0 Å². The third kappa shape index (κ3) is 4.81. The molecule has 154 valence electrons. The van der Waals surface area contributed by atoms with Gasteiger partial charge in [0.15, 0.2) is 0 Å². The number of hydrogen-bond acceptors (Lipinski definition) is 3. The Bertz CT molecular complexity index is 800. The highest BCUT2D eigenvalue weighted by Crippen LogP contribution is 2.26. The van der Waals surface area contributed by atoms with Crippen LogP contribution in [0.4, 0.5) is 0 Å². The Labute approximate surface area is 174 Å². The number of ether oxygens (including phenoxy) is 1. The molecule has 0 N–H and O–H groups in total. The van der Waals surface area contributed by atoms with E-state index in [1.54, 1.807) is 0 Å². The summed E-state index contributed by atoms with van der Waals surface area (Å²) in [6.07, 6.45) is 4.73. The highest BCUT2D eigenvalue weighted by Gasteiger charge is 2.22. The predicted octanol–water partition coefficient (Wildman–Crippen LogP) is 4.84. The monoisotopic (exact) mass is 392 g/mol. The molecule has 0 aliphatic carbocycles. The van der Waals surface area contributed by atoms with E-state index in [1.165, 1.54) is 0 Å². The maximum Gasteiger partial charge on any atom is 0.253 e. The summed E-state index contributed by atoms with van der Waals surface area (Å²) in [5.41, 5.74) is 3.05. The van der Waals surface area contributed by atoms with Crippen molar-refractivity contribution in [2.45, 2.75) is 51.7 Å². The van der Waals surface area contributed by atoms with E-state index in [0.717, 1.165) is 74.3 Å². The van der Waals surface area contributed by atoms with Crippen LogP contribution in [0.2, 0.25) is 0 Å². The van der Waals surface area contributed by atoms with Gasteiger partial charge >= 0.3 is 0 Å². The van der Waals surface area contributed by atoms with Gasteiger partial charge in [0.25, 0.3) is 5.91 Å². The lowest BCUT2D eigenvalue weighted by Crippen LogP contribution is -2.41. The van der Waals surface area contributed by atoms with Gasteiger partial charge in [0, 0.05) is 37.8 Å². The predicted molar refractivity (Wildman–Crippen MR) is 117 cm³/mol. The minimum atomic E-state index is 0.154. The lowest BCUT2D eigenvalue weighted by Gasteiger charge is -2.34. The summed E-state index contributed by atoms with van der Waals surface area (Å²) < 4.78 is 6.20. The minimum Gasteiger partial charge on any atom is -0.490 e. The van der Waals surface area contributed by atoms with Gasteiger partial charge in [-0.3, -0.25) is 4.79 Å². The second kappa shape index (κ2) is 9.00. The van der Waals surface area contributed by atoms with Crippen LogP contribution in [0, 0.1) is 0 Å². The molecule has 2 saturated heterocycles. The Morgan fingerprint density at radius 3 is 1.97 bits per heavy atom. The maximum absolute atomic E-state index is 12.5. The molecule has 0 unspecified atom stereocenters. The smallest absolute Gasteiger partial charge is 0.253 e. The Morgan fingerprint density at radius 1 is 0.862 bits per heavy atom. The van der Waals surface area contributed by atoms with Gasteiger partial charge in [-0.25, -0.2) is 0 Å². The average molecular weight is 393 g/mol. The largest absolute Gasteiger partial charge is 0.490 e. The van der Waals surface area contributed by atoms with Crippen molar-refractivity contribution in [1.82, 2.24) is 9.80 Å². The molecule has 2 aliphatic rings. The van der Waals surface area contributed by atoms with Gasteiger partial charge in [0.05, 0.1) is 0 Å². The molecule has 2 fully saturated rings. The lowest BCUT2D eigenvalue weighted by atomic mass is 10.0. The van der Waals surface area contributed by atoms with Crippen molar-refractivity contribution < 1.29 is 9.53 Å². The van der Waals surface area contributed by atoms with E-state index in [1.807, 2.05) is 29.2 Å². The number of piperidine rings is 1. The van der Waals surface area contributed by atoms with Crippen molar-refractivity contribution in [3.05, 3.63) is 54.1 Å². The number of benzene rings is 2. The molecule has 4 rings (SSSR count). The van der Waals surface area contributed by atoms with E-state index in [9.17, 15) is 4.79 Å². The van der Waals surface area contributed by atoms with Crippen LogP contribution in [-0.4, -0.2) is 54.0 Å². The van der Waals surface area contributed by atoms with Crippen molar-refractivity contribution >= 4 is 5.91 Å². The lowest BCUT2D eigenvalue weighted by molar-refractivity contribution is 0.0792. The summed E-state index contributed by atoms with van der Waals surface area (Å²) in [6.45, 7) is 8.52. The number of rotatable bonds is 5. The SMILES string of the molecule is CC(C)N1CCC(Oc2ccc(-c3ccc(C(=O)N4CCCC4)cc3)cc2)CC1. The van der Waals surface area contributed by atoms with Crippen molar-refractivity contribution in [2.24, 2.45) is 0 Å². The number of likely N-dealkylation sites (tertiary alicyclic amines) is 2. The molecule has 0 saturated carbocycles. The van der Waals surface area contributed by atoms with Crippen molar-refractivity contribution in [3.8, 4) is 16.9 Å². The third-order valence-corrected chi connectivity index (χ3v) is 6.22. The molecular weight excluding hydrogens is 360 g/mol. The summed E-state index contributed by atoms with van der Waals surface area (Å²) >= 11 is 0. The zero-order valence-corrected chi connectivity index (χ0v) is 17.6. The first-order valence-corrected chi connectivity index (χ1v) is 11.0. The molecule has 0 radical (unpaired) electrons. The van der Waals surface area contributed by atoms with Gasteiger partial charge in [-0.15, -0.1) is 0 Å². The average Bonchev–Trinajstić information content (AvgIpc) is 3.29. The number of carbonyl (C=O) groups excluding carboxylic acids is 1. The molecule has 2 aromatic carbocycles. The Morgan fingerprint density at radius 2 is 1.41 bits per heavy atom. The quantitative estimate of drug-likeness (QED) is 0.730. The summed E-state index contributed by atoms with van der Waals surface area (Å²) in [5, 5.41) is 0. The number of hydrogen-bond donors (Lipinski definition) is 0. The highest BCUT2D eigenvalue weighted by atomic mass is 16.5. The van der Waals surface area contributed by atoms with E-state index < -0.39 is 0 Å². The first-order valence-electron chi connectivity index (χ1n) is 11.0. The molecule has 4 nitrogen and oxygen atoms in total. The fourth-order valence-corrected chi connectivity index (χ4v) is 4.34. The van der Waals surface area contributed by atoms with E-state index in [-0.39, 0.29) is 5.91 Å². The van der Waals surface area contributed by atoms with E-state index in [4.69, 9.17) is 4.74 Å². The first kappa shape index (κ1) is 20.0. The van der Waals surface area contributed by atoms with Gasteiger partial charge in [-0.1, -0.05) is 24.3 Å². The summed E-state index contributed by atoms with van der Waals surface area (Å²) in [6, 6.07) is 16.9. The third-order valence-electron chi connectivity index (χ3n) is 6.22. The Hall–Kier alpha value is -2.33. The molecule has 0 atom stereocenters. The standard InChI is InChI=1S/C25H32N2O2/c1-19(2)26-17-13-24(14-18-26)29-23-11-9-21(10-12-23)20-5-7-22(8-6-20)25(28)27-15-3-4-16-27/h5-12,19,24H,3-4,13-18H2,1-2H3. The van der Waals surface area contributed by atoms with E-state index in [0.29, 0.717) is 12.1 Å². The number of amides is 1. The van der Waals surface area contributed by atoms with Crippen LogP contribution in [-0.2, 0) is 0 Å². The van der Waals surface area contributed by atoms with Crippen LogP contribution >= 0.6 is 0 Å². The summed E-state index contributed by atoms with van der Waals surface area (Å²) in [4.78, 5) is 17.0. The maximum atomic E-state index is 12.5. The van der Waals surface area contributed by atoms with Crippen molar-refractivity contribution in [3.63, 3.8) is 0 Å². The molecule has 0 spiro atoms. The van der Waals surface area contributed by atoms with Crippen LogP contribution in [0.3, 0.4) is 0 Å². The molecule has 29 heavy (non-hydrogen) atoms. The molecule has 4 heteroatoms. The summed E-state index contributed by atoms with van der Waals surface area (Å²) in [7, 11) is 0. The highest BCUT2D eigenvalue weighted by molar-refractivity contribution is 5.94. The molecule has 0 bridgehead atoms. The molecule has 2 heterocycles. The Kier molecular flexibility index (Phi) is 6.19. The fraction of sp³-hybridized carbons (Fsp3) is 0.480. The van der Waals surface area contributed by atoms with E-state index in [2.05, 4.69) is 43.0 Å². The second-order valence-corrected chi connectivity index (χ2v) is 8.55. The van der Waals surface area contributed by atoms with Crippen LogP contribution in [0.15, 0.2) is 48.5 Å². The minimum absolute atomic E-state index is 0.154. The second-order valence-electron chi connectivity index (χ2n) is 8.55. The molecule has 0 aromatic heterocycles. The molecule has 1 amide bonds. The number of nitrogens with zero attached hydrogens (tertiary/aromatic N) is 2. The zero-order chi connectivity index (χ0) is 20.2. The van der Waals surface area contributed by atoms with Crippen LogP contribution < -0.4 is 4.74 Å². The normalized spacial score (nSPS) is 18.4. The van der Waals surface area contributed by atoms with Crippen molar-refractivity contribution in [2.75, 3.05) is 26.2 Å². The van der Waals surface area contributed by atoms with Gasteiger partial charge in [-0.05, 0) is 74.9 Å². The van der Waals surface area contributed by atoms with Gasteiger partial charge in [0.1, 0.15) is 11.9 Å². The van der Waals surface area contributed by atoms with Crippen LogP contribution in [0.25, 0.3) is 11.1 Å². The topological polar surface area (TPSA) is 32.8 Å². The van der Waals surface area contributed by atoms with Gasteiger partial charge in [-0.2, -0.15) is 0 Å². The van der Waals surface area contributed by atoms with Crippen LogP contribution in [0.5, 0.6) is 5.75 Å². The zero-order valence-electron chi connectivity index (χ0n) is 17.6.